The van der Waals surface area contributed by atoms with Gasteiger partial charge in [-0.05, 0) is 50.5 Å². The normalized spacial score (nSPS) is 16.0. The molecular formula is C26H26N2O3S. The Bertz CT molecular complexity index is 1270. The van der Waals surface area contributed by atoms with Crippen LogP contribution in [-0.2, 0) is 4.74 Å². The van der Waals surface area contributed by atoms with Gasteiger partial charge in [0.2, 0.25) is 0 Å². The number of ether oxygens (including phenoxy) is 2. The van der Waals surface area contributed by atoms with E-state index in [4.69, 9.17) is 14.5 Å². The number of carbonyl (C=O) groups is 1. The Morgan fingerprint density at radius 3 is 2.81 bits per heavy atom. The number of amides is 1. The van der Waals surface area contributed by atoms with E-state index in [0.717, 1.165) is 57.3 Å². The minimum Gasteiger partial charge on any atom is -0.494 e. The summed E-state index contributed by atoms with van der Waals surface area (Å²) in [4.78, 5) is 18.7. The van der Waals surface area contributed by atoms with Crippen LogP contribution in [-0.4, -0.2) is 36.8 Å². The largest absolute Gasteiger partial charge is 0.494 e. The minimum atomic E-state index is -0.0635. The number of aromatic nitrogens is 1. The maximum absolute atomic E-state index is 13.3. The first kappa shape index (κ1) is 20.9. The van der Waals surface area contributed by atoms with Gasteiger partial charge in [-0.15, -0.1) is 11.3 Å². The van der Waals surface area contributed by atoms with Gasteiger partial charge in [0.1, 0.15) is 10.6 Å². The number of pyridine rings is 1. The summed E-state index contributed by atoms with van der Waals surface area (Å²) >= 11 is 1.52. The molecule has 3 heterocycles. The zero-order valence-corrected chi connectivity index (χ0v) is 19.1. The molecule has 0 saturated carbocycles. The number of nitrogens with zero attached hydrogens (tertiary/aromatic N) is 1. The molecule has 5 rings (SSSR count). The molecule has 32 heavy (non-hydrogen) atoms. The highest BCUT2D eigenvalue weighted by Crippen LogP contribution is 2.42. The van der Waals surface area contributed by atoms with Gasteiger partial charge in [-0.3, -0.25) is 9.78 Å². The minimum absolute atomic E-state index is 0.0635. The molecule has 1 fully saturated rings. The van der Waals surface area contributed by atoms with E-state index < -0.39 is 0 Å². The molecule has 1 atom stereocenters. The summed E-state index contributed by atoms with van der Waals surface area (Å²) in [6, 6.07) is 14.3. The standard InChI is InChI=1S/C26H26N2O3S/c1-3-30-18-10-11-22-20(13-18)24-21(15-27-22)23(17-8-6-16(2)7-9-17)25(32-24)26(29)28-14-19-5-4-12-31-19/h6-11,13,15,19H,3-5,12,14H2,1-2H3,(H,28,29). The fraction of sp³-hybridized carbons (Fsp3) is 0.308. The molecule has 1 unspecified atom stereocenters. The Morgan fingerprint density at radius 1 is 1.22 bits per heavy atom. The van der Waals surface area contributed by atoms with Gasteiger partial charge in [-0.25, -0.2) is 0 Å². The SMILES string of the molecule is CCOc1ccc2ncc3c(-c4ccc(C)cc4)c(C(=O)NCC4CCCO4)sc3c2c1. The van der Waals surface area contributed by atoms with Crippen LogP contribution < -0.4 is 10.1 Å². The Labute approximate surface area is 191 Å². The van der Waals surface area contributed by atoms with E-state index >= 15 is 0 Å². The van der Waals surface area contributed by atoms with E-state index in [-0.39, 0.29) is 12.0 Å². The maximum atomic E-state index is 13.3. The van der Waals surface area contributed by atoms with Crippen molar-refractivity contribution >= 4 is 38.2 Å². The van der Waals surface area contributed by atoms with Gasteiger partial charge in [0.25, 0.3) is 5.91 Å². The summed E-state index contributed by atoms with van der Waals surface area (Å²) < 4.78 is 12.5. The molecule has 5 nitrogen and oxygen atoms in total. The van der Waals surface area contributed by atoms with Crippen LogP contribution in [0.5, 0.6) is 5.75 Å². The third kappa shape index (κ3) is 3.96. The maximum Gasteiger partial charge on any atom is 0.262 e. The van der Waals surface area contributed by atoms with Crippen LogP contribution in [0.2, 0.25) is 0 Å². The number of rotatable bonds is 6. The number of fused-ring (bicyclic) bond motifs is 3. The fourth-order valence-corrected chi connectivity index (χ4v) is 5.46. The fourth-order valence-electron chi connectivity index (χ4n) is 4.23. The van der Waals surface area contributed by atoms with Crippen molar-refractivity contribution < 1.29 is 14.3 Å². The molecule has 164 valence electrons. The van der Waals surface area contributed by atoms with Crippen molar-refractivity contribution in [3.8, 4) is 16.9 Å². The Kier molecular flexibility index (Phi) is 5.81. The van der Waals surface area contributed by atoms with Crippen molar-refractivity contribution in [1.82, 2.24) is 10.3 Å². The lowest BCUT2D eigenvalue weighted by Gasteiger charge is -2.11. The predicted molar refractivity (Wildman–Crippen MR) is 130 cm³/mol. The first-order chi connectivity index (χ1) is 15.6. The number of hydrogen-bond acceptors (Lipinski definition) is 5. The summed E-state index contributed by atoms with van der Waals surface area (Å²) in [6.07, 6.45) is 4.04. The molecule has 1 aliphatic rings. The molecule has 0 spiro atoms. The number of benzene rings is 2. The van der Waals surface area contributed by atoms with E-state index in [1.807, 2.05) is 31.3 Å². The van der Waals surface area contributed by atoms with Crippen LogP contribution in [0.3, 0.4) is 0 Å². The molecule has 2 aromatic carbocycles. The highest BCUT2D eigenvalue weighted by molar-refractivity contribution is 7.22. The second-order valence-electron chi connectivity index (χ2n) is 8.13. The average Bonchev–Trinajstić information content (AvgIpc) is 3.46. The number of thiophene rings is 1. The molecule has 0 bridgehead atoms. The van der Waals surface area contributed by atoms with Crippen LogP contribution in [0.4, 0.5) is 0 Å². The van der Waals surface area contributed by atoms with Gasteiger partial charge in [0.05, 0.1) is 18.2 Å². The van der Waals surface area contributed by atoms with Crippen molar-refractivity contribution in [3.63, 3.8) is 0 Å². The zero-order valence-electron chi connectivity index (χ0n) is 18.3. The van der Waals surface area contributed by atoms with Crippen molar-refractivity contribution in [2.75, 3.05) is 19.8 Å². The Balaban J connectivity index is 1.64. The summed E-state index contributed by atoms with van der Waals surface area (Å²) in [7, 11) is 0. The first-order valence-corrected chi connectivity index (χ1v) is 11.9. The van der Waals surface area contributed by atoms with Crippen molar-refractivity contribution in [2.24, 2.45) is 0 Å². The quantitative estimate of drug-likeness (QED) is 0.411. The summed E-state index contributed by atoms with van der Waals surface area (Å²) in [6.45, 7) is 5.95. The molecule has 0 aliphatic carbocycles. The van der Waals surface area contributed by atoms with E-state index in [1.54, 1.807) is 0 Å². The van der Waals surface area contributed by atoms with Gasteiger partial charge >= 0.3 is 0 Å². The van der Waals surface area contributed by atoms with Gasteiger partial charge in [0.15, 0.2) is 0 Å². The third-order valence-electron chi connectivity index (χ3n) is 5.86. The molecule has 2 aromatic heterocycles. The molecule has 1 N–H and O–H groups in total. The van der Waals surface area contributed by atoms with Crippen LogP contribution in [0.1, 0.15) is 35.0 Å². The van der Waals surface area contributed by atoms with Crippen LogP contribution in [0.15, 0.2) is 48.7 Å². The molecule has 1 aliphatic heterocycles. The lowest BCUT2D eigenvalue weighted by atomic mass is 10.0. The van der Waals surface area contributed by atoms with Gasteiger partial charge < -0.3 is 14.8 Å². The van der Waals surface area contributed by atoms with Gasteiger partial charge in [0, 0.05) is 40.4 Å². The highest BCUT2D eigenvalue weighted by atomic mass is 32.1. The van der Waals surface area contributed by atoms with E-state index in [2.05, 4.69) is 36.5 Å². The van der Waals surface area contributed by atoms with Gasteiger partial charge in [-0.2, -0.15) is 0 Å². The highest BCUT2D eigenvalue weighted by Gasteiger charge is 2.23. The second-order valence-corrected chi connectivity index (χ2v) is 9.15. The molecule has 4 aromatic rings. The Hall–Kier alpha value is -2.96. The summed E-state index contributed by atoms with van der Waals surface area (Å²) in [5.74, 6) is 0.746. The molecular weight excluding hydrogens is 420 g/mol. The summed E-state index contributed by atoms with van der Waals surface area (Å²) in [5.41, 5.74) is 4.03. The molecule has 6 heteroatoms. The van der Waals surface area contributed by atoms with Crippen LogP contribution >= 0.6 is 11.3 Å². The zero-order chi connectivity index (χ0) is 22.1. The topological polar surface area (TPSA) is 60.5 Å². The van der Waals surface area contributed by atoms with Crippen molar-refractivity contribution in [3.05, 3.63) is 59.1 Å². The third-order valence-corrected chi connectivity index (χ3v) is 7.10. The number of carbonyl (C=O) groups excluding carboxylic acids is 1. The van der Waals surface area contributed by atoms with Crippen molar-refractivity contribution in [2.45, 2.75) is 32.8 Å². The second kappa shape index (κ2) is 8.88. The number of nitrogens with one attached hydrogen (secondary N) is 1. The monoisotopic (exact) mass is 446 g/mol. The molecule has 1 amide bonds. The predicted octanol–water partition coefficient (Wildman–Crippen LogP) is 5.73. The van der Waals surface area contributed by atoms with Gasteiger partial charge in [-0.1, -0.05) is 29.8 Å². The molecule has 0 radical (unpaired) electrons. The lowest BCUT2D eigenvalue weighted by Crippen LogP contribution is -2.31. The van der Waals surface area contributed by atoms with Crippen molar-refractivity contribution in [1.29, 1.82) is 0 Å². The summed E-state index contributed by atoms with van der Waals surface area (Å²) in [5, 5.41) is 5.10. The lowest BCUT2D eigenvalue weighted by molar-refractivity contribution is 0.0861. The van der Waals surface area contributed by atoms with Crippen LogP contribution in [0, 0.1) is 6.92 Å². The van der Waals surface area contributed by atoms with E-state index in [0.29, 0.717) is 18.0 Å². The van der Waals surface area contributed by atoms with Crippen LogP contribution in [0.25, 0.3) is 32.1 Å². The Morgan fingerprint density at radius 2 is 2.06 bits per heavy atom. The van der Waals surface area contributed by atoms with E-state index in [9.17, 15) is 4.79 Å². The average molecular weight is 447 g/mol. The number of hydrogen-bond donors (Lipinski definition) is 1. The molecule has 1 saturated heterocycles. The first-order valence-electron chi connectivity index (χ1n) is 11.1. The smallest absolute Gasteiger partial charge is 0.262 e. The number of aryl methyl sites for hydroxylation is 1. The van der Waals surface area contributed by atoms with E-state index in [1.165, 1.54) is 16.9 Å².